The molecule has 0 radical (unpaired) electrons. The predicted octanol–water partition coefficient (Wildman–Crippen LogP) is 3.49. The topological polar surface area (TPSA) is 46.9 Å². The van der Waals surface area contributed by atoms with E-state index in [1.807, 2.05) is 26.1 Å². The molecule has 1 heterocycles. The molecule has 1 N–H and O–H groups in total. The first kappa shape index (κ1) is 13.6. The van der Waals surface area contributed by atoms with Crippen molar-refractivity contribution >= 4 is 11.6 Å². The van der Waals surface area contributed by atoms with Crippen LogP contribution in [0.25, 0.3) is 0 Å². The Kier molecular flexibility index (Phi) is 3.06. The molecule has 2 aliphatic carbocycles. The van der Waals surface area contributed by atoms with Crippen LogP contribution in [0.15, 0.2) is 30.5 Å². The molecule has 4 heteroatoms. The summed E-state index contributed by atoms with van der Waals surface area (Å²) in [6.45, 7) is 1.87. The molecule has 2 saturated carbocycles. The Bertz CT molecular complexity index is 730. The van der Waals surface area contributed by atoms with Crippen LogP contribution in [0, 0.1) is 18.8 Å². The summed E-state index contributed by atoms with van der Waals surface area (Å²) in [5, 5.41) is 7.33. The third kappa shape index (κ3) is 2.43. The number of aryl methyl sites for hydroxylation is 2. The molecule has 2 aromatic rings. The van der Waals surface area contributed by atoms with E-state index in [2.05, 4.69) is 22.5 Å². The van der Waals surface area contributed by atoms with Gasteiger partial charge in [-0.15, -0.1) is 0 Å². The van der Waals surface area contributed by atoms with Gasteiger partial charge in [-0.05, 0) is 55.6 Å². The van der Waals surface area contributed by atoms with Crippen molar-refractivity contribution in [2.24, 2.45) is 18.9 Å². The van der Waals surface area contributed by atoms with Crippen molar-refractivity contribution in [2.75, 3.05) is 5.32 Å². The molecular weight excluding hydrogens is 274 g/mol. The summed E-state index contributed by atoms with van der Waals surface area (Å²) in [6, 6.07) is 8.24. The van der Waals surface area contributed by atoms with E-state index < -0.39 is 0 Å². The molecule has 4 nitrogen and oxygen atoms in total. The molecule has 2 aliphatic rings. The average molecular weight is 295 g/mol. The highest BCUT2D eigenvalue weighted by molar-refractivity contribution is 6.05. The van der Waals surface area contributed by atoms with Crippen LogP contribution in [0.4, 0.5) is 5.69 Å². The van der Waals surface area contributed by atoms with Gasteiger partial charge in [-0.1, -0.05) is 18.2 Å². The third-order valence-electron chi connectivity index (χ3n) is 4.93. The minimum atomic E-state index is -0.0679. The molecule has 0 spiro atoms. The van der Waals surface area contributed by atoms with E-state index in [0.717, 1.165) is 23.2 Å². The lowest BCUT2D eigenvalue weighted by Crippen LogP contribution is -2.13. The minimum Gasteiger partial charge on any atom is -0.322 e. The molecule has 1 aromatic heterocycles. The smallest absolute Gasteiger partial charge is 0.259 e. The molecule has 0 bridgehead atoms. The Morgan fingerprint density at radius 1 is 1.32 bits per heavy atom. The van der Waals surface area contributed by atoms with Gasteiger partial charge in [-0.2, -0.15) is 5.10 Å². The quantitative estimate of drug-likeness (QED) is 0.938. The van der Waals surface area contributed by atoms with Gasteiger partial charge in [0.2, 0.25) is 0 Å². The summed E-state index contributed by atoms with van der Waals surface area (Å²) in [5.74, 6) is 2.35. The molecule has 1 aromatic carbocycles. The van der Waals surface area contributed by atoms with Gasteiger partial charge in [-0.25, -0.2) is 0 Å². The molecule has 1 amide bonds. The SMILES string of the molecule is Cc1nn(C)cc1C(=O)Nc1ccccc1[C@@H]1C[C@@H]1C1CC1. The number of nitrogens with one attached hydrogen (secondary N) is 1. The molecule has 0 aliphatic heterocycles. The number of hydrogen-bond donors (Lipinski definition) is 1. The Hall–Kier alpha value is -2.10. The van der Waals surface area contributed by atoms with Crippen LogP contribution in [-0.4, -0.2) is 15.7 Å². The van der Waals surface area contributed by atoms with Gasteiger partial charge in [-0.3, -0.25) is 9.48 Å². The molecule has 4 rings (SSSR count). The van der Waals surface area contributed by atoms with E-state index in [4.69, 9.17) is 0 Å². The third-order valence-corrected chi connectivity index (χ3v) is 4.93. The molecule has 0 saturated heterocycles. The summed E-state index contributed by atoms with van der Waals surface area (Å²) in [6.07, 6.45) is 5.84. The standard InChI is InChI=1S/C18H21N3O/c1-11-16(10-21(2)20-11)18(22)19-17-6-4-3-5-13(17)15-9-14(15)12-7-8-12/h3-6,10,12,14-15H,7-9H2,1-2H3,(H,19,22)/t14-,15+/m1/s1. The van der Waals surface area contributed by atoms with Gasteiger partial charge in [0.15, 0.2) is 0 Å². The Balaban J connectivity index is 1.55. The van der Waals surface area contributed by atoms with Crippen LogP contribution >= 0.6 is 0 Å². The van der Waals surface area contributed by atoms with Gasteiger partial charge in [0, 0.05) is 18.9 Å². The first-order chi connectivity index (χ1) is 10.6. The van der Waals surface area contributed by atoms with Crippen LogP contribution in [-0.2, 0) is 7.05 Å². The number of nitrogens with zero attached hydrogens (tertiary/aromatic N) is 2. The number of carbonyl (C=O) groups excluding carboxylic acids is 1. The van der Waals surface area contributed by atoms with Gasteiger partial charge in [0.25, 0.3) is 5.91 Å². The van der Waals surface area contributed by atoms with Gasteiger partial charge in [0.05, 0.1) is 11.3 Å². The van der Waals surface area contributed by atoms with Crippen molar-refractivity contribution in [1.82, 2.24) is 9.78 Å². The van der Waals surface area contributed by atoms with Crippen molar-refractivity contribution in [3.8, 4) is 0 Å². The highest BCUT2D eigenvalue weighted by Gasteiger charge is 2.48. The molecule has 2 atom stereocenters. The first-order valence-electron chi connectivity index (χ1n) is 8.04. The average Bonchev–Trinajstić information content (AvgIpc) is 3.36. The largest absolute Gasteiger partial charge is 0.322 e. The highest BCUT2D eigenvalue weighted by atomic mass is 16.1. The summed E-state index contributed by atoms with van der Waals surface area (Å²) >= 11 is 0. The maximum absolute atomic E-state index is 12.5. The second-order valence-corrected chi connectivity index (χ2v) is 6.69. The summed E-state index contributed by atoms with van der Waals surface area (Å²) < 4.78 is 1.68. The normalized spacial score (nSPS) is 23.4. The monoisotopic (exact) mass is 295 g/mol. The Labute approximate surface area is 130 Å². The second kappa shape index (κ2) is 4.97. The number of benzene rings is 1. The molecule has 2 fully saturated rings. The van der Waals surface area contributed by atoms with Crippen LogP contribution < -0.4 is 5.32 Å². The highest BCUT2D eigenvalue weighted by Crippen LogP contribution is 2.60. The number of carbonyl (C=O) groups is 1. The van der Waals surface area contributed by atoms with Gasteiger partial charge in [0.1, 0.15) is 0 Å². The molecule has 114 valence electrons. The van der Waals surface area contributed by atoms with Crippen LogP contribution in [0.3, 0.4) is 0 Å². The number of aromatic nitrogens is 2. The summed E-state index contributed by atoms with van der Waals surface area (Å²) in [5.41, 5.74) is 3.67. The van der Waals surface area contributed by atoms with Crippen LogP contribution in [0.2, 0.25) is 0 Å². The zero-order chi connectivity index (χ0) is 15.3. The molecule has 22 heavy (non-hydrogen) atoms. The lowest BCUT2D eigenvalue weighted by molar-refractivity contribution is 0.102. The van der Waals surface area contributed by atoms with Crippen molar-refractivity contribution in [2.45, 2.75) is 32.1 Å². The Morgan fingerprint density at radius 3 is 2.77 bits per heavy atom. The van der Waals surface area contributed by atoms with Gasteiger partial charge >= 0.3 is 0 Å². The lowest BCUT2D eigenvalue weighted by atomic mass is 10.0. The van der Waals surface area contributed by atoms with E-state index in [0.29, 0.717) is 11.5 Å². The fourth-order valence-electron chi connectivity index (χ4n) is 3.56. The zero-order valence-corrected chi connectivity index (χ0v) is 13.0. The van der Waals surface area contributed by atoms with E-state index in [1.165, 1.54) is 24.8 Å². The maximum atomic E-state index is 12.5. The number of hydrogen-bond acceptors (Lipinski definition) is 2. The number of amides is 1. The molecular formula is C18H21N3O. The second-order valence-electron chi connectivity index (χ2n) is 6.69. The lowest BCUT2D eigenvalue weighted by Gasteiger charge is -2.10. The van der Waals surface area contributed by atoms with E-state index in [9.17, 15) is 4.79 Å². The van der Waals surface area contributed by atoms with Crippen LogP contribution in [0.1, 0.15) is 46.8 Å². The van der Waals surface area contributed by atoms with E-state index in [1.54, 1.807) is 10.9 Å². The zero-order valence-electron chi connectivity index (χ0n) is 13.0. The number of rotatable bonds is 4. The van der Waals surface area contributed by atoms with Gasteiger partial charge < -0.3 is 5.32 Å². The predicted molar refractivity (Wildman–Crippen MR) is 85.9 cm³/mol. The van der Waals surface area contributed by atoms with Crippen molar-refractivity contribution in [3.63, 3.8) is 0 Å². The fourth-order valence-corrected chi connectivity index (χ4v) is 3.56. The van der Waals surface area contributed by atoms with Crippen LogP contribution in [0.5, 0.6) is 0 Å². The van der Waals surface area contributed by atoms with Crippen molar-refractivity contribution in [3.05, 3.63) is 47.3 Å². The molecule has 0 unspecified atom stereocenters. The number of para-hydroxylation sites is 1. The maximum Gasteiger partial charge on any atom is 0.259 e. The van der Waals surface area contributed by atoms with E-state index >= 15 is 0 Å². The summed E-state index contributed by atoms with van der Waals surface area (Å²) in [7, 11) is 1.84. The summed E-state index contributed by atoms with van der Waals surface area (Å²) in [4.78, 5) is 12.5. The van der Waals surface area contributed by atoms with Crippen molar-refractivity contribution in [1.29, 1.82) is 0 Å². The van der Waals surface area contributed by atoms with Crippen molar-refractivity contribution < 1.29 is 4.79 Å². The van der Waals surface area contributed by atoms with E-state index in [-0.39, 0.29) is 5.91 Å². The minimum absolute atomic E-state index is 0.0679. The number of anilines is 1. The Morgan fingerprint density at radius 2 is 2.09 bits per heavy atom. The fraction of sp³-hybridized carbons (Fsp3) is 0.444. The first-order valence-corrected chi connectivity index (χ1v) is 8.04.